The minimum Gasteiger partial charge on any atom is -0.494 e. The van der Waals surface area contributed by atoms with Gasteiger partial charge in [0.05, 0.1) is 35.7 Å². The van der Waals surface area contributed by atoms with Crippen LogP contribution in [0.4, 0.5) is 11.4 Å². The Morgan fingerprint density at radius 1 is 0.682 bits per heavy atom. The van der Waals surface area contributed by atoms with E-state index in [4.69, 9.17) is 18.9 Å². The van der Waals surface area contributed by atoms with Gasteiger partial charge < -0.3 is 18.9 Å². The molecule has 0 bridgehead atoms. The Bertz CT molecular complexity index is 1350. The SMILES string of the molecule is CCCCCCCOc1ccc(N=Nc2ccc(C(=O)Oc3ccc(C(=O)OC(C)C(=O)OCC(C)CC)cc3)cc2)cc1. The average Bonchev–Trinajstić information content (AvgIpc) is 3.05. The third kappa shape index (κ3) is 11.6. The maximum atomic E-state index is 12.6. The van der Waals surface area contributed by atoms with Crippen LogP contribution in [0.1, 0.15) is 86.9 Å². The van der Waals surface area contributed by atoms with E-state index in [1.165, 1.54) is 56.9 Å². The van der Waals surface area contributed by atoms with Gasteiger partial charge in [-0.15, -0.1) is 0 Å². The third-order valence-electron chi connectivity index (χ3n) is 6.86. The predicted octanol–water partition coefficient (Wildman–Crippen LogP) is 8.81. The molecule has 0 aliphatic rings. The lowest BCUT2D eigenvalue weighted by atomic mass is 10.1. The van der Waals surface area contributed by atoms with Gasteiger partial charge in [-0.1, -0.05) is 52.9 Å². The van der Waals surface area contributed by atoms with Crippen molar-refractivity contribution in [2.24, 2.45) is 16.1 Å². The van der Waals surface area contributed by atoms with Gasteiger partial charge in [-0.2, -0.15) is 10.2 Å². The van der Waals surface area contributed by atoms with Crippen LogP contribution >= 0.6 is 0 Å². The fraction of sp³-hybridized carbons (Fsp3) is 0.400. The van der Waals surface area contributed by atoms with E-state index in [1.807, 2.05) is 38.1 Å². The second-order valence-electron chi connectivity index (χ2n) is 10.6. The monoisotopic (exact) mass is 602 g/mol. The van der Waals surface area contributed by atoms with Gasteiger partial charge in [0, 0.05) is 0 Å². The topological polar surface area (TPSA) is 113 Å². The molecule has 0 saturated heterocycles. The van der Waals surface area contributed by atoms with Crippen LogP contribution < -0.4 is 9.47 Å². The molecule has 44 heavy (non-hydrogen) atoms. The summed E-state index contributed by atoms with van der Waals surface area (Å²) in [6, 6.07) is 19.9. The molecule has 0 aromatic heterocycles. The summed E-state index contributed by atoms with van der Waals surface area (Å²) in [5, 5.41) is 8.48. The average molecular weight is 603 g/mol. The number of hydrogen-bond donors (Lipinski definition) is 0. The zero-order valence-corrected chi connectivity index (χ0v) is 26.0. The summed E-state index contributed by atoms with van der Waals surface area (Å²) in [5.41, 5.74) is 1.80. The predicted molar refractivity (Wildman–Crippen MR) is 168 cm³/mol. The molecule has 3 aromatic rings. The van der Waals surface area contributed by atoms with Crippen molar-refractivity contribution in [2.75, 3.05) is 13.2 Å². The highest BCUT2D eigenvalue weighted by Crippen LogP contribution is 2.23. The largest absolute Gasteiger partial charge is 0.494 e. The highest BCUT2D eigenvalue weighted by Gasteiger charge is 2.21. The maximum Gasteiger partial charge on any atom is 0.347 e. The number of carbonyl (C=O) groups excluding carboxylic acids is 3. The molecule has 2 atom stereocenters. The summed E-state index contributed by atoms with van der Waals surface area (Å²) < 4.78 is 21.6. The van der Waals surface area contributed by atoms with Crippen LogP contribution in [0, 0.1) is 5.92 Å². The summed E-state index contributed by atoms with van der Waals surface area (Å²) in [4.78, 5) is 37.1. The molecular weight excluding hydrogens is 560 g/mol. The molecule has 3 rings (SSSR count). The van der Waals surface area contributed by atoms with E-state index in [1.54, 1.807) is 24.3 Å². The highest BCUT2D eigenvalue weighted by molar-refractivity contribution is 5.93. The second kappa shape index (κ2) is 18.2. The van der Waals surface area contributed by atoms with E-state index < -0.39 is 24.0 Å². The van der Waals surface area contributed by atoms with Gasteiger partial charge in [0.1, 0.15) is 11.5 Å². The summed E-state index contributed by atoms with van der Waals surface area (Å²) in [6.07, 6.45) is 5.81. The lowest BCUT2D eigenvalue weighted by Gasteiger charge is -2.15. The van der Waals surface area contributed by atoms with Crippen molar-refractivity contribution in [3.8, 4) is 11.5 Å². The molecule has 0 aliphatic carbocycles. The first-order valence-electron chi connectivity index (χ1n) is 15.2. The number of hydrogen-bond acceptors (Lipinski definition) is 9. The number of rotatable bonds is 17. The highest BCUT2D eigenvalue weighted by atomic mass is 16.6. The zero-order chi connectivity index (χ0) is 31.7. The van der Waals surface area contributed by atoms with Crippen molar-refractivity contribution in [3.05, 3.63) is 83.9 Å². The van der Waals surface area contributed by atoms with Crippen LogP contribution in [0.5, 0.6) is 11.5 Å². The third-order valence-corrected chi connectivity index (χ3v) is 6.86. The van der Waals surface area contributed by atoms with E-state index in [0.29, 0.717) is 23.5 Å². The standard InChI is InChI=1S/C35H42N2O7/c1-5-7-8-9-10-23-41-31-21-17-30(18-22-31)37-36-29-15-11-27(12-16-29)35(40)44-32-19-13-28(14-20-32)34(39)43-26(4)33(38)42-24-25(3)6-2/h11-22,25-26H,5-10,23-24H2,1-4H3. The van der Waals surface area contributed by atoms with Gasteiger partial charge in [0.15, 0.2) is 6.10 Å². The Hall–Kier alpha value is -4.53. The fourth-order valence-corrected chi connectivity index (χ4v) is 3.85. The van der Waals surface area contributed by atoms with Gasteiger partial charge in [-0.25, -0.2) is 14.4 Å². The van der Waals surface area contributed by atoms with Gasteiger partial charge >= 0.3 is 17.9 Å². The molecule has 0 amide bonds. The maximum absolute atomic E-state index is 12.6. The minimum absolute atomic E-state index is 0.209. The Morgan fingerprint density at radius 3 is 1.84 bits per heavy atom. The molecule has 234 valence electrons. The summed E-state index contributed by atoms with van der Waals surface area (Å²) in [5.74, 6) is -0.564. The molecule has 0 aliphatic heterocycles. The molecule has 0 spiro atoms. The Labute approximate surface area is 259 Å². The minimum atomic E-state index is -1.04. The summed E-state index contributed by atoms with van der Waals surface area (Å²) in [6.45, 7) is 8.61. The molecule has 9 nitrogen and oxygen atoms in total. The van der Waals surface area contributed by atoms with Crippen LogP contribution in [0.15, 0.2) is 83.0 Å². The molecule has 3 aromatic carbocycles. The summed E-state index contributed by atoms with van der Waals surface area (Å²) in [7, 11) is 0. The Morgan fingerprint density at radius 2 is 1.23 bits per heavy atom. The normalized spacial score (nSPS) is 12.4. The lowest BCUT2D eigenvalue weighted by molar-refractivity contribution is -0.154. The zero-order valence-electron chi connectivity index (χ0n) is 26.0. The van der Waals surface area contributed by atoms with E-state index >= 15 is 0 Å². The lowest BCUT2D eigenvalue weighted by Crippen LogP contribution is -2.27. The first kappa shape index (κ1) is 34.0. The van der Waals surface area contributed by atoms with Crippen molar-refractivity contribution in [2.45, 2.75) is 72.3 Å². The number of azo groups is 1. The van der Waals surface area contributed by atoms with Gasteiger partial charge in [-0.05, 0) is 92.1 Å². The number of esters is 3. The molecular formula is C35H42N2O7. The molecule has 0 saturated carbocycles. The van der Waals surface area contributed by atoms with Crippen molar-refractivity contribution in [3.63, 3.8) is 0 Å². The van der Waals surface area contributed by atoms with Crippen molar-refractivity contribution < 1.29 is 33.3 Å². The van der Waals surface area contributed by atoms with E-state index in [2.05, 4.69) is 17.2 Å². The molecule has 0 N–H and O–H groups in total. The number of carbonyl (C=O) groups is 3. The smallest absolute Gasteiger partial charge is 0.347 e. The van der Waals surface area contributed by atoms with Gasteiger partial charge in [-0.3, -0.25) is 0 Å². The first-order chi connectivity index (χ1) is 21.3. The quantitative estimate of drug-likeness (QED) is 0.0656. The molecule has 9 heteroatoms. The number of unbranched alkanes of at least 4 members (excludes halogenated alkanes) is 4. The Balaban J connectivity index is 1.45. The second-order valence-corrected chi connectivity index (χ2v) is 10.6. The van der Waals surface area contributed by atoms with E-state index in [0.717, 1.165) is 18.6 Å². The number of nitrogens with zero attached hydrogens (tertiary/aromatic N) is 2. The molecule has 2 unspecified atom stereocenters. The van der Waals surface area contributed by atoms with Gasteiger partial charge in [0.25, 0.3) is 0 Å². The molecule has 0 radical (unpaired) electrons. The summed E-state index contributed by atoms with van der Waals surface area (Å²) >= 11 is 0. The van der Waals surface area contributed by atoms with Crippen molar-refractivity contribution in [1.29, 1.82) is 0 Å². The van der Waals surface area contributed by atoms with E-state index in [9.17, 15) is 14.4 Å². The Kier molecular flexibility index (Phi) is 14.1. The van der Waals surface area contributed by atoms with Crippen molar-refractivity contribution >= 4 is 29.3 Å². The fourth-order valence-electron chi connectivity index (χ4n) is 3.85. The van der Waals surface area contributed by atoms with E-state index in [-0.39, 0.29) is 23.8 Å². The molecule has 0 heterocycles. The van der Waals surface area contributed by atoms with Crippen LogP contribution in [-0.2, 0) is 14.3 Å². The number of benzene rings is 3. The molecule has 0 fully saturated rings. The first-order valence-corrected chi connectivity index (χ1v) is 15.2. The van der Waals surface area contributed by atoms with Crippen LogP contribution in [0.25, 0.3) is 0 Å². The van der Waals surface area contributed by atoms with Crippen LogP contribution in [0.2, 0.25) is 0 Å². The van der Waals surface area contributed by atoms with Gasteiger partial charge in [0.2, 0.25) is 0 Å². The van der Waals surface area contributed by atoms with Crippen LogP contribution in [0.3, 0.4) is 0 Å². The van der Waals surface area contributed by atoms with Crippen LogP contribution in [-0.4, -0.2) is 37.2 Å². The van der Waals surface area contributed by atoms with Crippen molar-refractivity contribution in [1.82, 2.24) is 0 Å². The number of ether oxygens (including phenoxy) is 4.